The third-order valence-corrected chi connectivity index (χ3v) is 4.07. The molecule has 0 bridgehead atoms. The Morgan fingerprint density at radius 1 is 1.42 bits per heavy atom. The van der Waals surface area contributed by atoms with Crippen molar-refractivity contribution in [3.8, 4) is 5.75 Å². The van der Waals surface area contributed by atoms with Crippen LogP contribution in [-0.4, -0.2) is 30.2 Å². The lowest BCUT2D eigenvalue weighted by Gasteiger charge is -2.32. The van der Waals surface area contributed by atoms with Crippen molar-refractivity contribution in [3.05, 3.63) is 23.2 Å². The van der Waals surface area contributed by atoms with Gasteiger partial charge < -0.3 is 15.0 Å². The molecule has 104 valence electrons. The molecule has 0 aromatic heterocycles. The molecule has 5 heteroatoms. The van der Waals surface area contributed by atoms with E-state index in [4.69, 9.17) is 28.6 Å². The van der Waals surface area contributed by atoms with E-state index in [0.29, 0.717) is 5.02 Å². The summed E-state index contributed by atoms with van der Waals surface area (Å²) in [6.07, 6.45) is 2.38. The van der Waals surface area contributed by atoms with Crippen LogP contribution in [-0.2, 0) is 0 Å². The minimum Gasteiger partial charge on any atom is -0.495 e. The van der Waals surface area contributed by atoms with Gasteiger partial charge in [-0.1, -0.05) is 18.5 Å². The van der Waals surface area contributed by atoms with Gasteiger partial charge in [-0.3, -0.25) is 0 Å². The Morgan fingerprint density at radius 3 is 2.74 bits per heavy atom. The van der Waals surface area contributed by atoms with Crippen molar-refractivity contribution in [2.45, 2.75) is 19.8 Å². The molecular formula is C14H19ClN2OS. The summed E-state index contributed by atoms with van der Waals surface area (Å²) in [4.78, 5) is 2.20. The Bertz CT molecular complexity index is 459. The van der Waals surface area contributed by atoms with Crippen LogP contribution in [0.1, 0.15) is 19.8 Å². The predicted molar refractivity (Wildman–Crippen MR) is 84.2 cm³/mol. The van der Waals surface area contributed by atoms with E-state index in [0.717, 1.165) is 35.6 Å². The second kappa shape index (κ2) is 6.44. The summed E-state index contributed by atoms with van der Waals surface area (Å²) in [5, 5.41) is 4.64. The largest absolute Gasteiger partial charge is 0.495 e. The van der Waals surface area contributed by atoms with Gasteiger partial charge in [-0.05, 0) is 49.2 Å². The fourth-order valence-electron chi connectivity index (χ4n) is 2.18. The highest BCUT2D eigenvalue weighted by Crippen LogP contribution is 2.28. The zero-order chi connectivity index (χ0) is 13.8. The van der Waals surface area contributed by atoms with Crippen LogP contribution in [0.4, 0.5) is 5.69 Å². The van der Waals surface area contributed by atoms with Gasteiger partial charge in [-0.2, -0.15) is 0 Å². The number of halogens is 1. The number of hydrogen-bond donors (Lipinski definition) is 1. The van der Waals surface area contributed by atoms with E-state index < -0.39 is 0 Å². The van der Waals surface area contributed by atoms with E-state index in [1.807, 2.05) is 12.1 Å². The maximum Gasteiger partial charge on any atom is 0.173 e. The maximum absolute atomic E-state index is 6.01. The van der Waals surface area contributed by atoms with Gasteiger partial charge in [0.05, 0.1) is 12.8 Å². The quantitative estimate of drug-likeness (QED) is 0.840. The van der Waals surface area contributed by atoms with Crippen molar-refractivity contribution in [2.75, 3.05) is 25.5 Å². The molecule has 0 spiro atoms. The fraction of sp³-hybridized carbons (Fsp3) is 0.500. The Labute approximate surface area is 124 Å². The van der Waals surface area contributed by atoms with Gasteiger partial charge in [0, 0.05) is 18.1 Å². The van der Waals surface area contributed by atoms with Crippen LogP contribution in [0.2, 0.25) is 5.02 Å². The number of likely N-dealkylation sites (tertiary alicyclic amines) is 1. The second-order valence-electron chi connectivity index (χ2n) is 4.94. The minimum atomic E-state index is 0.665. The zero-order valence-electron chi connectivity index (χ0n) is 11.3. The molecule has 1 fully saturated rings. The molecule has 2 rings (SSSR count). The van der Waals surface area contributed by atoms with E-state index in [2.05, 4.69) is 17.1 Å². The molecule has 1 aliphatic rings. The molecule has 1 heterocycles. The molecule has 0 amide bonds. The number of ether oxygens (including phenoxy) is 1. The Kier molecular flexibility index (Phi) is 4.88. The Balaban J connectivity index is 2.04. The highest BCUT2D eigenvalue weighted by Gasteiger charge is 2.18. The van der Waals surface area contributed by atoms with Crippen LogP contribution in [0.3, 0.4) is 0 Å². The van der Waals surface area contributed by atoms with Crippen molar-refractivity contribution in [2.24, 2.45) is 5.92 Å². The molecule has 1 aromatic rings. The summed E-state index contributed by atoms with van der Waals surface area (Å²) < 4.78 is 5.31. The first kappa shape index (κ1) is 14.4. The van der Waals surface area contributed by atoms with E-state index in [-0.39, 0.29) is 0 Å². The average molecular weight is 299 g/mol. The highest BCUT2D eigenvalue weighted by molar-refractivity contribution is 7.80. The van der Waals surface area contributed by atoms with Gasteiger partial charge in [0.2, 0.25) is 0 Å². The topological polar surface area (TPSA) is 24.5 Å². The number of nitrogens with zero attached hydrogens (tertiary/aromatic N) is 1. The molecule has 1 saturated heterocycles. The number of benzene rings is 1. The first-order valence-electron chi connectivity index (χ1n) is 6.49. The summed E-state index contributed by atoms with van der Waals surface area (Å²) in [7, 11) is 1.64. The molecule has 0 atom stereocenters. The van der Waals surface area contributed by atoms with Crippen molar-refractivity contribution in [1.29, 1.82) is 0 Å². The summed E-state index contributed by atoms with van der Waals surface area (Å²) in [5.41, 5.74) is 0.818. The van der Waals surface area contributed by atoms with Crippen LogP contribution < -0.4 is 10.1 Å². The summed E-state index contributed by atoms with van der Waals surface area (Å²) >= 11 is 11.5. The number of anilines is 1. The van der Waals surface area contributed by atoms with Gasteiger partial charge in [0.1, 0.15) is 5.75 Å². The normalized spacial score (nSPS) is 16.3. The first-order valence-corrected chi connectivity index (χ1v) is 7.28. The Morgan fingerprint density at radius 2 is 2.11 bits per heavy atom. The highest BCUT2D eigenvalue weighted by atomic mass is 35.5. The molecule has 3 nitrogen and oxygen atoms in total. The molecule has 0 radical (unpaired) electrons. The van der Waals surface area contributed by atoms with Crippen LogP contribution in [0.25, 0.3) is 0 Å². The fourth-order valence-corrected chi connectivity index (χ4v) is 2.65. The van der Waals surface area contributed by atoms with Gasteiger partial charge in [-0.15, -0.1) is 0 Å². The monoisotopic (exact) mass is 298 g/mol. The lowest BCUT2D eigenvalue weighted by molar-refractivity contribution is 0.283. The number of piperidine rings is 1. The Hall–Kier alpha value is -1.00. The molecule has 1 aromatic carbocycles. The lowest BCUT2D eigenvalue weighted by atomic mass is 10.00. The van der Waals surface area contributed by atoms with Crippen molar-refractivity contribution in [3.63, 3.8) is 0 Å². The molecule has 0 aliphatic carbocycles. The minimum absolute atomic E-state index is 0.665. The number of methoxy groups -OCH3 is 1. The number of thiocarbonyl (C=S) groups is 1. The van der Waals surface area contributed by atoms with Crippen LogP contribution in [0.15, 0.2) is 18.2 Å². The third kappa shape index (κ3) is 3.74. The first-order chi connectivity index (χ1) is 9.10. The predicted octanol–water partition coefficient (Wildman–Crippen LogP) is 3.78. The summed E-state index contributed by atoms with van der Waals surface area (Å²) in [5.74, 6) is 1.54. The molecule has 1 N–H and O–H groups in total. The van der Waals surface area contributed by atoms with Crippen molar-refractivity contribution in [1.82, 2.24) is 4.90 Å². The number of nitrogens with one attached hydrogen (secondary N) is 1. The van der Waals surface area contributed by atoms with Crippen molar-refractivity contribution < 1.29 is 4.74 Å². The molecule has 0 saturated carbocycles. The molecule has 0 unspecified atom stereocenters. The van der Waals surface area contributed by atoms with E-state index in [9.17, 15) is 0 Å². The van der Waals surface area contributed by atoms with Crippen molar-refractivity contribution >= 4 is 34.6 Å². The molecular weight excluding hydrogens is 280 g/mol. The van der Waals surface area contributed by atoms with Gasteiger partial charge >= 0.3 is 0 Å². The molecule has 19 heavy (non-hydrogen) atoms. The van der Waals surface area contributed by atoms with E-state index in [1.165, 1.54) is 12.8 Å². The number of rotatable bonds is 2. The zero-order valence-corrected chi connectivity index (χ0v) is 12.9. The van der Waals surface area contributed by atoms with Gasteiger partial charge in [0.25, 0.3) is 0 Å². The molecule has 1 aliphatic heterocycles. The van der Waals surface area contributed by atoms with Gasteiger partial charge in [0.15, 0.2) is 5.11 Å². The van der Waals surface area contributed by atoms with Crippen LogP contribution in [0, 0.1) is 5.92 Å². The van der Waals surface area contributed by atoms with Crippen LogP contribution >= 0.6 is 23.8 Å². The van der Waals surface area contributed by atoms with Crippen LogP contribution in [0.5, 0.6) is 5.75 Å². The second-order valence-corrected chi connectivity index (χ2v) is 5.77. The lowest BCUT2D eigenvalue weighted by Crippen LogP contribution is -2.40. The summed E-state index contributed by atoms with van der Waals surface area (Å²) in [6, 6.07) is 5.47. The van der Waals surface area contributed by atoms with Gasteiger partial charge in [-0.25, -0.2) is 0 Å². The number of hydrogen-bond acceptors (Lipinski definition) is 2. The average Bonchev–Trinajstić information content (AvgIpc) is 2.39. The maximum atomic E-state index is 6.01. The third-order valence-electron chi connectivity index (χ3n) is 3.47. The van der Waals surface area contributed by atoms with E-state index in [1.54, 1.807) is 13.2 Å². The summed E-state index contributed by atoms with van der Waals surface area (Å²) in [6.45, 7) is 4.31. The SMILES string of the molecule is COc1ccc(Cl)cc1NC(=S)N1CCC(C)CC1. The standard InChI is InChI=1S/C14H19ClN2OS/c1-10-5-7-17(8-6-10)14(19)16-12-9-11(15)3-4-13(12)18-2/h3-4,9-10H,5-8H2,1-2H3,(H,16,19). The smallest absolute Gasteiger partial charge is 0.173 e. The van der Waals surface area contributed by atoms with E-state index >= 15 is 0 Å².